The molecule has 0 saturated heterocycles. The van der Waals surface area contributed by atoms with Crippen molar-refractivity contribution in [2.24, 2.45) is 5.92 Å². The van der Waals surface area contributed by atoms with Crippen molar-refractivity contribution in [3.8, 4) is 5.88 Å². The van der Waals surface area contributed by atoms with Crippen LogP contribution >= 0.6 is 11.3 Å². The van der Waals surface area contributed by atoms with E-state index in [9.17, 15) is 14.7 Å². The van der Waals surface area contributed by atoms with Crippen LogP contribution in [0.15, 0.2) is 17.1 Å². The number of hydrogen-bond donors (Lipinski definition) is 3. The maximum absolute atomic E-state index is 13.0. The van der Waals surface area contributed by atoms with Gasteiger partial charge in [0, 0.05) is 18.0 Å². The van der Waals surface area contributed by atoms with Crippen molar-refractivity contribution in [3.63, 3.8) is 0 Å². The number of amides is 1. The molecule has 1 unspecified atom stereocenters. The summed E-state index contributed by atoms with van der Waals surface area (Å²) in [6.07, 6.45) is 10.1. The first-order valence-corrected chi connectivity index (χ1v) is 12.1. The zero-order chi connectivity index (χ0) is 21.5. The zero-order valence-corrected chi connectivity index (χ0v) is 18.6. The lowest BCUT2D eigenvalue weighted by molar-refractivity contribution is 0.0941. The maximum atomic E-state index is 13.0. The molecule has 3 aromatic rings. The van der Waals surface area contributed by atoms with Gasteiger partial charge in [-0.1, -0.05) is 19.3 Å². The quantitative estimate of drug-likeness (QED) is 0.559. The second kappa shape index (κ2) is 8.18. The number of carbonyl (C=O) groups excluding carboxylic acids is 1. The smallest absolute Gasteiger partial charge is 0.328 e. The van der Waals surface area contributed by atoms with Crippen LogP contribution in [0.4, 0.5) is 0 Å². The van der Waals surface area contributed by atoms with Crippen molar-refractivity contribution < 1.29 is 9.90 Å². The molecule has 166 valence electrons. The molecule has 2 fully saturated rings. The minimum Gasteiger partial charge on any atom is -0.493 e. The number of aryl methyl sites for hydroxylation is 1. The van der Waals surface area contributed by atoms with E-state index in [0.717, 1.165) is 40.1 Å². The van der Waals surface area contributed by atoms with E-state index in [4.69, 9.17) is 5.10 Å². The Balaban J connectivity index is 1.26. The summed E-state index contributed by atoms with van der Waals surface area (Å²) in [5.74, 6) is 0.197. The lowest BCUT2D eigenvalue weighted by atomic mass is 9.96. The van der Waals surface area contributed by atoms with Crippen LogP contribution in [0.3, 0.4) is 0 Å². The van der Waals surface area contributed by atoms with Crippen LogP contribution in [0.1, 0.15) is 72.8 Å². The number of aromatic hydroxyl groups is 1. The first kappa shape index (κ1) is 20.4. The second-order valence-corrected chi connectivity index (χ2v) is 10.1. The third-order valence-corrected chi connectivity index (χ3v) is 8.00. The zero-order valence-electron chi connectivity index (χ0n) is 17.8. The van der Waals surface area contributed by atoms with Gasteiger partial charge in [0.2, 0.25) is 5.88 Å². The summed E-state index contributed by atoms with van der Waals surface area (Å²) in [4.78, 5) is 29.1. The molecule has 9 heteroatoms. The molecule has 3 N–H and O–H groups in total. The fourth-order valence-electron chi connectivity index (χ4n) is 5.21. The molecule has 2 saturated carbocycles. The summed E-state index contributed by atoms with van der Waals surface area (Å²) < 4.78 is 3.53. The van der Waals surface area contributed by atoms with Crippen molar-refractivity contribution in [1.82, 2.24) is 24.6 Å². The Morgan fingerprint density at radius 3 is 2.84 bits per heavy atom. The Hall–Kier alpha value is -2.55. The van der Waals surface area contributed by atoms with E-state index in [1.165, 1.54) is 42.9 Å². The van der Waals surface area contributed by atoms with Gasteiger partial charge in [-0.25, -0.2) is 4.79 Å². The molecular formula is C22H29N5O3S. The highest BCUT2D eigenvalue weighted by atomic mass is 32.1. The molecule has 5 rings (SSSR count). The predicted molar refractivity (Wildman–Crippen MR) is 120 cm³/mol. The van der Waals surface area contributed by atoms with Gasteiger partial charge in [0.1, 0.15) is 4.83 Å². The molecule has 2 aliphatic carbocycles. The molecular weight excluding hydrogens is 414 g/mol. The maximum Gasteiger partial charge on any atom is 0.328 e. The number of thiophene rings is 1. The number of carbonyl (C=O) groups is 1. The Kier molecular flexibility index (Phi) is 5.37. The van der Waals surface area contributed by atoms with Crippen molar-refractivity contribution in [2.75, 3.05) is 0 Å². The number of imidazole rings is 1. The molecule has 0 spiro atoms. The number of fused-ring (bicyclic) bond motifs is 1. The van der Waals surface area contributed by atoms with Crippen molar-refractivity contribution >= 4 is 27.5 Å². The van der Waals surface area contributed by atoms with Gasteiger partial charge in [-0.3, -0.25) is 14.0 Å². The number of nitrogens with zero attached hydrogens (tertiary/aromatic N) is 3. The number of rotatable bonds is 5. The van der Waals surface area contributed by atoms with Gasteiger partial charge >= 0.3 is 5.69 Å². The van der Waals surface area contributed by atoms with Crippen LogP contribution in [0.2, 0.25) is 0 Å². The number of hydrogen-bond acceptors (Lipinski definition) is 5. The van der Waals surface area contributed by atoms with E-state index >= 15 is 0 Å². The number of nitrogens with one attached hydrogen (secondary N) is 2. The molecule has 0 aliphatic heterocycles. The van der Waals surface area contributed by atoms with Gasteiger partial charge in [-0.05, 0) is 51.0 Å². The molecule has 1 amide bonds. The molecule has 8 nitrogen and oxygen atoms in total. The fourth-order valence-corrected chi connectivity index (χ4v) is 6.34. The van der Waals surface area contributed by atoms with E-state index in [1.807, 2.05) is 13.0 Å². The van der Waals surface area contributed by atoms with Gasteiger partial charge in [0.05, 0.1) is 22.8 Å². The van der Waals surface area contributed by atoms with Crippen LogP contribution in [-0.4, -0.2) is 36.4 Å². The average Bonchev–Trinajstić information content (AvgIpc) is 3.52. The van der Waals surface area contributed by atoms with Crippen molar-refractivity contribution in [2.45, 2.75) is 76.9 Å². The minimum atomic E-state index is -0.294. The lowest BCUT2D eigenvalue weighted by Crippen LogP contribution is -2.32. The normalized spacial score (nSPS) is 22.4. The number of aromatic nitrogens is 4. The van der Waals surface area contributed by atoms with E-state index in [0.29, 0.717) is 12.6 Å². The molecule has 0 aromatic carbocycles. The van der Waals surface area contributed by atoms with Crippen molar-refractivity contribution in [1.29, 1.82) is 0 Å². The average molecular weight is 444 g/mol. The molecule has 3 heterocycles. The predicted octanol–water partition coefficient (Wildman–Crippen LogP) is 3.71. The fraction of sp³-hybridized carbons (Fsp3) is 0.591. The Morgan fingerprint density at radius 1 is 1.29 bits per heavy atom. The van der Waals surface area contributed by atoms with Gasteiger partial charge in [0.25, 0.3) is 5.91 Å². The summed E-state index contributed by atoms with van der Waals surface area (Å²) in [6.45, 7) is 2.50. The SMILES string of the molecule is Cc1nn(C2CCCCC2)c2sc(C(=O)NC3CC[C@H](Cn4c(O)c[nH]c4=O)C3)cc12. The van der Waals surface area contributed by atoms with E-state index in [-0.39, 0.29) is 29.4 Å². The van der Waals surface area contributed by atoms with Gasteiger partial charge in [-0.15, -0.1) is 11.3 Å². The summed E-state index contributed by atoms with van der Waals surface area (Å²) in [7, 11) is 0. The first-order valence-electron chi connectivity index (χ1n) is 11.3. The molecule has 3 aromatic heterocycles. The van der Waals surface area contributed by atoms with E-state index in [2.05, 4.69) is 15.0 Å². The lowest BCUT2D eigenvalue weighted by Gasteiger charge is -2.22. The van der Waals surface area contributed by atoms with Gasteiger partial charge in [0.15, 0.2) is 0 Å². The Labute approximate surface area is 184 Å². The molecule has 31 heavy (non-hydrogen) atoms. The van der Waals surface area contributed by atoms with Gasteiger partial charge < -0.3 is 15.4 Å². The monoisotopic (exact) mass is 443 g/mol. The molecule has 0 bridgehead atoms. The highest BCUT2D eigenvalue weighted by molar-refractivity contribution is 7.20. The summed E-state index contributed by atoms with van der Waals surface area (Å²) in [6, 6.07) is 2.53. The highest BCUT2D eigenvalue weighted by Gasteiger charge is 2.29. The molecule has 2 atom stereocenters. The number of aromatic amines is 1. The summed E-state index contributed by atoms with van der Waals surface area (Å²) in [5, 5.41) is 18.9. The first-order chi connectivity index (χ1) is 15.0. The second-order valence-electron chi connectivity index (χ2n) is 9.06. The minimum absolute atomic E-state index is 0.0249. The number of H-pyrrole nitrogens is 1. The topological polar surface area (TPSA) is 105 Å². The molecule has 2 aliphatic rings. The Morgan fingerprint density at radius 2 is 2.10 bits per heavy atom. The van der Waals surface area contributed by atoms with E-state index in [1.54, 1.807) is 11.3 Å². The molecule has 0 radical (unpaired) electrons. The largest absolute Gasteiger partial charge is 0.493 e. The van der Waals surface area contributed by atoms with Crippen molar-refractivity contribution in [3.05, 3.63) is 33.3 Å². The van der Waals surface area contributed by atoms with Crippen LogP contribution in [0.25, 0.3) is 10.2 Å². The van der Waals surface area contributed by atoms with Gasteiger partial charge in [-0.2, -0.15) is 5.10 Å². The third kappa shape index (κ3) is 3.91. The van der Waals surface area contributed by atoms with Crippen LogP contribution in [0, 0.1) is 12.8 Å². The Bertz CT molecular complexity index is 1150. The van der Waals surface area contributed by atoms with Crippen LogP contribution in [0.5, 0.6) is 5.88 Å². The standard InChI is InChI=1S/C22H29N5O3S/c1-13-17-10-18(31-21(17)27(25-13)16-5-3-2-4-6-16)20(29)24-15-8-7-14(9-15)12-26-19(28)11-23-22(26)30/h10-11,14-16,28H,2-9,12H2,1H3,(H,23,30)(H,24,29)/t14-,15?/m0/s1. The van der Waals surface area contributed by atoms with E-state index < -0.39 is 0 Å². The van der Waals surface area contributed by atoms with Crippen LogP contribution in [-0.2, 0) is 6.54 Å². The summed E-state index contributed by atoms with van der Waals surface area (Å²) in [5.41, 5.74) is 0.700. The third-order valence-electron chi connectivity index (χ3n) is 6.88. The van der Waals surface area contributed by atoms with Crippen LogP contribution < -0.4 is 11.0 Å². The summed E-state index contributed by atoms with van der Waals surface area (Å²) >= 11 is 1.54. The highest BCUT2D eigenvalue weighted by Crippen LogP contribution is 2.36.